The second-order valence-corrected chi connectivity index (χ2v) is 7.70. The molecule has 1 aliphatic rings. The highest BCUT2D eigenvalue weighted by Crippen LogP contribution is 2.20. The largest absolute Gasteiger partial charge is 0.393 e. The molecule has 0 aromatic rings. The third-order valence-corrected chi connectivity index (χ3v) is 4.39. The monoisotopic (exact) mass is 313 g/mol. The van der Waals surface area contributed by atoms with Crippen molar-refractivity contribution in [2.75, 3.05) is 32.7 Å². The number of hydrogen-bond donors (Lipinski definition) is 3. The Bertz CT molecular complexity index is 324. The summed E-state index contributed by atoms with van der Waals surface area (Å²) >= 11 is 0. The van der Waals surface area contributed by atoms with Gasteiger partial charge < -0.3 is 20.6 Å². The van der Waals surface area contributed by atoms with E-state index in [0.29, 0.717) is 19.5 Å². The van der Waals surface area contributed by atoms with Crippen LogP contribution in [0.4, 0.5) is 4.79 Å². The zero-order valence-corrected chi connectivity index (χ0v) is 14.8. The van der Waals surface area contributed by atoms with Crippen molar-refractivity contribution >= 4 is 6.03 Å². The summed E-state index contributed by atoms with van der Waals surface area (Å²) in [5.74, 6) is 0.866. The van der Waals surface area contributed by atoms with Crippen molar-refractivity contribution in [1.29, 1.82) is 0 Å². The number of aliphatic hydroxyl groups excluding tert-OH is 1. The van der Waals surface area contributed by atoms with E-state index in [1.165, 1.54) is 25.9 Å². The summed E-state index contributed by atoms with van der Waals surface area (Å²) in [6, 6.07) is -0.106. The average molecular weight is 313 g/mol. The van der Waals surface area contributed by atoms with E-state index in [4.69, 9.17) is 0 Å². The standard InChI is InChI=1S/C17H35N3O2/c1-14-6-10-20(11-7-14)9-5-8-18-16(22)19-13-17(3,4)12-15(2)21/h14-15,21H,5-13H2,1-4H3,(H2,18,19,22). The Morgan fingerprint density at radius 1 is 1.32 bits per heavy atom. The fourth-order valence-corrected chi connectivity index (χ4v) is 3.04. The molecule has 5 nitrogen and oxygen atoms in total. The molecule has 2 amide bonds. The number of amides is 2. The topological polar surface area (TPSA) is 64.6 Å². The molecule has 0 bridgehead atoms. The van der Waals surface area contributed by atoms with Gasteiger partial charge in [-0.05, 0) is 63.6 Å². The van der Waals surface area contributed by atoms with E-state index >= 15 is 0 Å². The summed E-state index contributed by atoms with van der Waals surface area (Å²) in [5, 5.41) is 15.2. The summed E-state index contributed by atoms with van der Waals surface area (Å²) in [6.07, 6.45) is 3.94. The molecule has 0 spiro atoms. The van der Waals surface area contributed by atoms with E-state index in [-0.39, 0.29) is 17.6 Å². The lowest BCUT2D eigenvalue weighted by Crippen LogP contribution is -2.42. The minimum Gasteiger partial charge on any atom is -0.393 e. The maximum absolute atomic E-state index is 11.8. The fraction of sp³-hybridized carbons (Fsp3) is 0.941. The van der Waals surface area contributed by atoms with Gasteiger partial charge in [-0.1, -0.05) is 20.8 Å². The first-order valence-electron chi connectivity index (χ1n) is 8.70. The lowest BCUT2D eigenvalue weighted by atomic mass is 9.87. The van der Waals surface area contributed by atoms with Gasteiger partial charge in [0.25, 0.3) is 0 Å². The first-order valence-corrected chi connectivity index (χ1v) is 8.70. The van der Waals surface area contributed by atoms with Crippen LogP contribution in [-0.4, -0.2) is 54.9 Å². The zero-order valence-electron chi connectivity index (χ0n) is 14.8. The van der Waals surface area contributed by atoms with Crippen LogP contribution in [0.2, 0.25) is 0 Å². The number of aliphatic hydroxyl groups is 1. The lowest BCUT2D eigenvalue weighted by molar-refractivity contribution is 0.129. The highest BCUT2D eigenvalue weighted by Gasteiger charge is 2.21. The number of carbonyl (C=O) groups is 1. The van der Waals surface area contributed by atoms with E-state index in [9.17, 15) is 9.90 Å². The predicted octanol–water partition coefficient (Wildman–Crippen LogP) is 2.20. The number of hydrogen-bond acceptors (Lipinski definition) is 3. The van der Waals surface area contributed by atoms with Crippen molar-refractivity contribution < 1.29 is 9.90 Å². The smallest absolute Gasteiger partial charge is 0.314 e. The van der Waals surface area contributed by atoms with Crippen molar-refractivity contribution in [2.45, 2.75) is 59.5 Å². The molecule has 1 heterocycles. The molecule has 5 heteroatoms. The second-order valence-electron chi connectivity index (χ2n) is 7.70. The molecular weight excluding hydrogens is 278 g/mol. The first kappa shape index (κ1) is 19.2. The maximum Gasteiger partial charge on any atom is 0.314 e. The Morgan fingerprint density at radius 3 is 2.55 bits per heavy atom. The van der Waals surface area contributed by atoms with Gasteiger partial charge in [-0.25, -0.2) is 4.79 Å². The summed E-state index contributed by atoms with van der Waals surface area (Å²) in [5.41, 5.74) is -0.0873. The van der Waals surface area contributed by atoms with Crippen LogP contribution >= 0.6 is 0 Å². The van der Waals surface area contributed by atoms with Crippen molar-refractivity contribution in [3.8, 4) is 0 Å². The Kier molecular flexibility index (Phi) is 8.18. The third-order valence-electron chi connectivity index (χ3n) is 4.39. The highest BCUT2D eigenvalue weighted by atomic mass is 16.3. The van der Waals surface area contributed by atoms with Gasteiger partial charge in [-0.2, -0.15) is 0 Å². The highest BCUT2D eigenvalue weighted by molar-refractivity contribution is 5.73. The molecule has 1 fully saturated rings. The Hall–Kier alpha value is -0.810. The Balaban J connectivity index is 2.06. The van der Waals surface area contributed by atoms with E-state index in [2.05, 4.69) is 36.3 Å². The van der Waals surface area contributed by atoms with Crippen LogP contribution in [0.15, 0.2) is 0 Å². The van der Waals surface area contributed by atoms with Crippen LogP contribution < -0.4 is 10.6 Å². The maximum atomic E-state index is 11.8. The van der Waals surface area contributed by atoms with Gasteiger partial charge in [0, 0.05) is 13.1 Å². The summed E-state index contributed by atoms with van der Waals surface area (Å²) < 4.78 is 0. The molecule has 1 unspecified atom stereocenters. The average Bonchev–Trinajstić information content (AvgIpc) is 2.42. The molecule has 0 aromatic carbocycles. The lowest BCUT2D eigenvalue weighted by Gasteiger charge is -2.30. The molecule has 0 radical (unpaired) electrons. The zero-order chi connectivity index (χ0) is 16.6. The predicted molar refractivity (Wildman–Crippen MR) is 90.9 cm³/mol. The quantitative estimate of drug-likeness (QED) is 0.602. The number of nitrogens with zero attached hydrogens (tertiary/aromatic N) is 1. The number of nitrogens with one attached hydrogen (secondary N) is 2. The van der Waals surface area contributed by atoms with Crippen LogP contribution in [0.5, 0.6) is 0 Å². The van der Waals surface area contributed by atoms with Gasteiger partial charge in [-0.3, -0.25) is 0 Å². The molecule has 22 heavy (non-hydrogen) atoms. The SMILES string of the molecule is CC(O)CC(C)(C)CNC(=O)NCCCN1CCC(C)CC1. The first-order chi connectivity index (χ1) is 10.3. The van der Waals surface area contributed by atoms with Gasteiger partial charge >= 0.3 is 6.03 Å². The van der Waals surface area contributed by atoms with Crippen LogP contribution in [-0.2, 0) is 0 Å². The van der Waals surface area contributed by atoms with Crippen molar-refractivity contribution in [1.82, 2.24) is 15.5 Å². The molecular formula is C17H35N3O2. The van der Waals surface area contributed by atoms with Crippen LogP contribution in [0.1, 0.15) is 53.4 Å². The van der Waals surface area contributed by atoms with Gasteiger partial charge in [0.1, 0.15) is 0 Å². The molecule has 130 valence electrons. The second kappa shape index (κ2) is 9.36. The van der Waals surface area contributed by atoms with E-state index in [0.717, 1.165) is 18.9 Å². The summed E-state index contributed by atoms with van der Waals surface area (Å²) in [7, 11) is 0. The van der Waals surface area contributed by atoms with Crippen LogP contribution in [0, 0.1) is 11.3 Å². The minimum absolute atomic E-state index is 0.0873. The number of rotatable bonds is 8. The normalized spacial score (nSPS) is 19.0. The summed E-state index contributed by atoms with van der Waals surface area (Å²) in [4.78, 5) is 14.3. The third kappa shape index (κ3) is 8.59. The molecule has 3 N–H and O–H groups in total. The minimum atomic E-state index is -0.341. The molecule has 0 aliphatic carbocycles. The Morgan fingerprint density at radius 2 is 1.95 bits per heavy atom. The molecule has 0 aromatic heterocycles. The summed E-state index contributed by atoms with van der Waals surface area (Å²) in [6.45, 7) is 13.0. The van der Waals surface area contributed by atoms with E-state index in [1.807, 2.05) is 0 Å². The van der Waals surface area contributed by atoms with Crippen LogP contribution in [0.3, 0.4) is 0 Å². The van der Waals surface area contributed by atoms with Crippen molar-refractivity contribution in [2.24, 2.45) is 11.3 Å². The van der Waals surface area contributed by atoms with Crippen molar-refractivity contribution in [3.05, 3.63) is 0 Å². The van der Waals surface area contributed by atoms with Gasteiger partial charge in [0.2, 0.25) is 0 Å². The molecule has 1 rings (SSSR count). The van der Waals surface area contributed by atoms with Gasteiger partial charge in [-0.15, -0.1) is 0 Å². The van der Waals surface area contributed by atoms with Gasteiger partial charge in [0.15, 0.2) is 0 Å². The number of urea groups is 1. The van der Waals surface area contributed by atoms with E-state index in [1.54, 1.807) is 6.92 Å². The fourth-order valence-electron chi connectivity index (χ4n) is 3.04. The number of carbonyl (C=O) groups excluding carboxylic acids is 1. The van der Waals surface area contributed by atoms with Crippen LogP contribution in [0.25, 0.3) is 0 Å². The van der Waals surface area contributed by atoms with E-state index < -0.39 is 0 Å². The molecule has 1 aliphatic heterocycles. The Labute approximate surface area is 135 Å². The molecule has 1 saturated heterocycles. The molecule has 1 atom stereocenters. The molecule has 0 saturated carbocycles. The number of likely N-dealkylation sites (tertiary alicyclic amines) is 1. The van der Waals surface area contributed by atoms with Gasteiger partial charge in [0.05, 0.1) is 6.10 Å². The number of piperidine rings is 1. The van der Waals surface area contributed by atoms with Crippen molar-refractivity contribution in [3.63, 3.8) is 0 Å².